The summed E-state index contributed by atoms with van der Waals surface area (Å²) in [4.78, 5) is 18.4. The van der Waals surface area contributed by atoms with Crippen LogP contribution in [0.5, 0.6) is 11.5 Å². The molecule has 2 rings (SSSR count). The van der Waals surface area contributed by atoms with Crippen LogP contribution in [-0.2, 0) is 4.79 Å². The Hall–Kier alpha value is -2.93. The third kappa shape index (κ3) is 7.36. The number of hydrogen-bond donors (Lipinski definition) is 3. The molecule has 0 unspecified atom stereocenters. The fourth-order valence-corrected chi connectivity index (χ4v) is 2.42. The Labute approximate surface area is 170 Å². The number of anilines is 1. The minimum Gasteiger partial charge on any atom is -0.508 e. The highest BCUT2D eigenvalue weighted by Gasteiger charge is 2.08. The summed E-state index contributed by atoms with van der Waals surface area (Å²) in [5.74, 6) is 1.26. The van der Waals surface area contributed by atoms with Gasteiger partial charge in [-0.05, 0) is 55.5 Å². The molecule has 0 aliphatic heterocycles. The van der Waals surface area contributed by atoms with Crippen molar-refractivity contribution in [2.75, 3.05) is 38.6 Å². The third-order valence-corrected chi connectivity index (χ3v) is 3.98. The van der Waals surface area contributed by atoms with Crippen molar-refractivity contribution in [3.8, 4) is 11.5 Å². The third-order valence-electron chi connectivity index (χ3n) is 3.73. The van der Waals surface area contributed by atoms with E-state index in [1.807, 2.05) is 31.0 Å². The van der Waals surface area contributed by atoms with Crippen LogP contribution >= 0.6 is 11.6 Å². The van der Waals surface area contributed by atoms with Crippen molar-refractivity contribution in [3.05, 3.63) is 53.6 Å². The predicted octanol–water partition coefficient (Wildman–Crippen LogP) is 2.96. The first kappa shape index (κ1) is 21.4. The minimum atomic E-state index is -0.244. The van der Waals surface area contributed by atoms with Crippen molar-refractivity contribution in [2.24, 2.45) is 4.99 Å². The first-order valence-electron chi connectivity index (χ1n) is 8.94. The molecule has 0 saturated carbocycles. The van der Waals surface area contributed by atoms with Crippen molar-refractivity contribution in [1.82, 2.24) is 10.2 Å². The highest BCUT2D eigenvalue weighted by Crippen LogP contribution is 2.15. The number of rotatable bonds is 8. The molecular formula is C20H25ClN4O3. The van der Waals surface area contributed by atoms with E-state index >= 15 is 0 Å². The molecular weight excluding hydrogens is 380 g/mol. The van der Waals surface area contributed by atoms with Crippen LogP contribution in [-0.4, -0.2) is 55.2 Å². The van der Waals surface area contributed by atoms with Gasteiger partial charge in [-0.3, -0.25) is 4.79 Å². The summed E-state index contributed by atoms with van der Waals surface area (Å²) in [7, 11) is 1.88. The summed E-state index contributed by atoms with van der Waals surface area (Å²) in [6, 6.07) is 13.5. The summed E-state index contributed by atoms with van der Waals surface area (Å²) < 4.78 is 5.69. The van der Waals surface area contributed by atoms with Gasteiger partial charge in [0.2, 0.25) is 5.91 Å². The van der Waals surface area contributed by atoms with Crippen LogP contribution in [0, 0.1) is 0 Å². The SMILES string of the molecule is CCNC(=NCC(=O)Nc1ccc(O)cc1)N(C)CCOc1ccc(Cl)cc1. The summed E-state index contributed by atoms with van der Waals surface area (Å²) in [5, 5.41) is 15.8. The Morgan fingerprint density at radius 3 is 2.50 bits per heavy atom. The lowest BCUT2D eigenvalue weighted by Crippen LogP contribution is -2.41. The first-order chi connectivity index (χ1) is 13.5. The van der Waals surface area contributed by atoms with Gasteiger partial charge >= 0.3 is 0 Å². The fraction of sp³-hybridized carbons (Fsp3) is 0.300. The molecule has 0 fully saturated rings. The second-order valence-electron chi connectivity index (χ2n) is 5.99. The second-order valence-corrected chi connectivity index (χ2v) is 6.43. The van der Waals surface area contributed by atoms with Crippen LogP contribution in [0.2, 0.25) is 5.02 Å². The van der Waals surface area contributed by atoms with Crippen LogP contribution < -0.4 is 15.4 Å². The molecule has 0 spiro atoms. The average Bonchev–Trinajstić information content (AvgIpc) is 2.68. The molecule has 2 aromatic rings. The van der Waals surface area contributed by atoms with Crippen LogP contribution in [0.25, 0.3) is 0 Å². The molecule has 1 amide bonds. The number of hydrogen-bond acceptors (Lipinski definition) is 4. The molecule has 0 saturated heterocycles. The number of phenols is 1. The van der Waals surface area contributed by atoms with Crippen molar-refractivity contribution in [3.63, 3.8) is 0 Å². The Morgan fingerprint density at radius 1 is 1.18 bits per heavy atom. The van der Waals surface area contributed by atoms with Gasteiger partial charge in [0.25, 0.3) is 0 Å². The number of amides is 1. The quantitative estimate of drug-likeness (QED) is 0.358. The minimum absolute atomic E-state index is 0.0222. The number of ether oxygens (including phenoxy) is 1. The topological polar surface area (TPSA) is 86.2 Å². The van der Waals surface area contributed by atoms with E-state index in [0.29, 0.717) is 36.4 Å². The van der Waals surface area contributed by atoms with E-state index < -0.39 is 0 Å². The largest absolute Gasteiger partial charge is 0.508 e. The molecule has 28 heavy (non-hydrogen) atoms. The predicted molar refractivity (Wildman–Crippen MR) is 112 cm³/mol. The zero-order valence-electron chi connectivity index (χ0n) is 16.0. The molecule has 0 atom stereocenters. The van der Waals surface area contributed by atoms with E-state index in [9.17, 15) is 9.90 Å². The number of phenolic OH excluding ortho intramolecular Hbond substituents is 1. The molecule has 150 valence electrons. The van der Waals surface area contributed by atoms with Gasteiger partial charge in [-0.25, -0.2) is 4.99 Å². The Morgan fingerprint density at radius 2 is 1.86 bits per heavy atom. The van der Waals surface area contributed by atoms with Crippen molar-refractivity contribution in [2.45, 2.75) is 6.92 Å². The van der Waals surface area contributed by atoms with Gasteiger partial charge in [-0.1, -0.05) is 11.6 Å². The van der Waals surface area contributed by atoms with E-state index in [1.54, 1.807) is 24.3 Å². The van der Waals surface area contributed by atoms with Gasteiger partial charge in [0.05, 0.1) is 6.54 Å². The molecule has 8 heteroatoms. The molecule has 0 aromatic heterocycles. The smallest absolute Gasteiger partial charge is 0.246 e. The summed E-state index contributed by atoms with van der Waals surface area (Å²) in [5.41, 5.74) is 0.604. The van der Waals surface area contributed by atoms with Gasteiger partial charge in [0.15, 0.2) is 5.96 Å². The van der Waals surface area contributed by atoms with Crippen molar-refractivity contribution >= 4 is 29.2 Å². The van der Waals surface area contributed by atoms with Gasteiger partial charge in [-0.2, -0.15) is 0 Å². The van der Waals surface area contributed by atoms with Gasteiger partial charge in [0.1, 0.15) is 24.7 Å². The first-order valence-corrected chi connectivity index (χ1v) is 9.32. The molecule has 2 aromatic carbocycles. The normalized spacial score (nSPS) is 11.0. The van der Waals surface area contributed by atoms with Gasteiger partial charge < -0.3 is 25.4 Å². The number of nitrogens with one attached hydrogen (secondary N) is 2. The zero-order chi connectivity index (χ0) is 20.4. The van der Waals surface area contributed by atoms with Gasteiger partial charge in [0, 0.05) is 24.3 Å². The zero-order valence-corrected chi connectivity index (χ0v) is 16.7. The number of aliphatic imine (C=N–C) groups is 1. The van der Waals surface area contributed by atoms with E-state index in [1.165, 1.54) is 12.1 Å². The molecule has 0 bridgehead atoms. The highest BCUT2D eigenvalue weighted by atomic mass is 35.5. The van der Waals surface area contributed by atoms with Crippen LogP contribution in [0.1, 0.15) is 6.92 Å². The average molecular weight is 405 g/mol. The summed E-state index contributed by atoms with van der Waals surface area (Å²) >= 11 is 5.86. The van der Waals surface area contributed by atoms with Crippen LogP contribution in [0.15, 0.2) is 53.5 Å². The van der Waals surface area contributed by atoms with Crippen LogP contribution in [0.3, 0.4) is 0 Å². The number of benzene rings is 2. The summed E-state index contributed by atoms with van der Waals surface area (Å²) in [6.07, 6.45) is 0. The maximum absolute atomic E-state index is 12.1. The summed E-state index contributed by atoms with van der Waals surface area (Å²) in [6.45, 7) is 3.67. The monoisotopic (exact) mass is 404 g/mol. The Balaban J connectivity index is 1.84. The maximum atomic E-state index is 12.1. The van der Waals surface area contributed by atoms with Crippen molar-refractivity contribution in [1.29, 1.82) is 0 Å². The van der Waals surface area contributed by atoms with E-state index in [4.69, 9.17) is 16.3 Å². The van der Waals surface area contributed by atoms with Crippen molar-refractivity contribution < 1.29 is 14.6 Å². The molecule has 0 heterocycles. The van der Waals surface area contributed by atoms with E-state index in [2.05, 4.69) is 15.6 Å². The van der Waals surface area contributed by atoms with E-state index in [0.717, 1.165) is 5.75 Å². The Bertz CT molecular complexity index is 779. The Kier molecular flexibility index (Phi) is 8.42. The molecule has 0 aliphatic carbocycles. The molecule has 0 aliphatic rings. The molecule has 0 radical (unpaired) electrons. The maximum Gasteiger partial charge on any atom is 0.246 e. The number of carbonyl (C=O) groups is 1. The lowest BCUT2D eigenvalue weighted by Gasteiger charge is -2.22. The number of guanidine groups is 1. The number of nitrogens with zero attached hydrogens (tertiary/aromatic N) is 2. The fourth-order valence-electron chi connectivity index (χ4n) is 2.30. The lowest BCUT2D eigenvalue weighted by molar-refractivity contribution is -0.114. The lowest BCUT2D eigenvalue weighted by atomic mass is 10.3. The van der Waals surface area contributed by atoms with E-state index in [-0.39, 0.29) is 18.2 Å². The second kappa shape index (κ2) is 11.0. The number of halogens is 1. The standard InChI is InChI=1S/C20H25ClN4O3/c1-3-22-20(23-14-19(27)24-16-6-8-17(26)9-7-16)25(2)12-13-28-18-10-4-15(21)5-11-18/h4-11,26H,3,12-14H2,1-2H3,(H,22,23)(H,24,27). The number of likely N-dealkylation sites (N-methyl/N-ethyl adjacent to an activating group) is 1. The molecule has 3 N–H and O–H groups in total. The number of aromatic hydroxyl groups is 1. The van der Waals surface area contributed by atoms with Crippen LogP contribution in [0.4, 0.5) is 5.69 Å². The molecule has 7 nitrogen and oxygen atoms in total. The number of carbonyl (C=O) groups excluding carboxylic acids is 1. The van der Waals surface area contributed by atoms with Gasteiger partial charge in [-0.15, -0.1) is 0 Å². The highest BCUT2D eigenvalue weighted by molar-refractivity contribution is 6.30.